The molecule has 0 spiro atoms. The van der Waals surface area contributed by atoms with Crippen molar-refractivity contribution < 1.29 is 9.52 Å². The van der Waals surface area contributed by atoms with Crippen LogP contribution in [0.5, 0.6) is 0 Å². The summed E-state index contributed by atoms with van der Waals surface area (Å²) < 4.78 is 6.47. The Morgan fingerprint density at radius 2 is 2.27 bits per heavy atom. The summed E-state index contributed by atoms with van der Waals surface area (Å²) in [6.45, 7) is 0.0540. The van der Waals surface area contributed by atoms with E-state index in [4.69, 9.17) is 9.52 Å². The summed E-state index contributed by atoms with van der Waals surface area (Å²) in [5, 5.41) is 8.74. The minimum atomic E-state index is 0.0540. The number of benzene rings is 1. The van der Waals surface area contributed by atoms with Crippen molar-refractivity contribution in [1.82, 2.24) is 4.98 Å². The van der Waals surface area contributed by atoms with Crippen molar-refractivity contribution in [3.8, 4) is 11.3 Å². The molecule has 0 saturated heterocycles. The van der Waals surface area contributed by atoms with Crippen molar-refractivity contribution >= 4 is 15.9 Å². The maximum absolute atomic E-state index is 8.74. The van der Waals surface area contributed by atoms with Gasteiger partial charge in [-0.15, -0.1) is 0 Å². The van der Waals surface area contributed by atoms with Gasteiger partial charge in [-0.1, -0.05) is 28.1 Å². The van der Waals surface area contributed by atoms with Gasteiger partial charge in [0.1, 0.15) is 0 Å². The van der Waals surface area contributed by atoms with E-state index in [-0.39, 0.29) is 6.61 Å². The van der Waals surface area contributed by atoms with Gasteiger partial charge >= 0.3 is 0 Å². The maximum Gasteiger partial charge on any atom is 0.197 e. The predicted octanol–water partition coefficient (Wildman–Crippen LogP) is 2.64. The van der Waals surface area contributed by atoms with Crippen LogP contribution in [0.1, 0.15) is 5.89 Å². The Hall–Kier alpha value is -1.13. The van der Waals surface area contributed by atoms with Crippen molar-refractivity contribution in [3.05, 3.63) is 40.8 Å². The quantitative estimate of drug-likeness (QED) is 0.930. The molecule has 2 aromatic rings. The zero-order chi connectivity index (χ0) is 10.7. The van der Waals surface area contributed by atoms with Crippen LogP contribution in [0, 0.1) is 0 Å². The highest BCUT2D eigenvalue weighted by Crippen LogP contribution is 2.23. The molecule has 0 atom stereocenters. The third kappa shape index (κ3) is 2.46. The van der Waals surface area contributed by atoms with Crippen LogP contribution in [0.3, 0.4) is 0 Å². The lowest BCUT2D eigenvalue weighted by Crippen LogP contribution is -1.88. The lowest BCUT2D eigenvalue weighted by molar-refractivity contribution is 0.285. The average molecular weight is 268 g/mol. The number of halogens is 1. The second kappa shape index (κ2) is 4.59. The standard InChI is InChI=1S/C11H10BrNO2/c12-9-3-1-2-8(6-9)10-7-13-11(15-10)4-5-14/h1-3,6-7,14H,4-5H2. The lowest BCUT2D eigenvalue weighted by atomic mass is 10.2. The molecule has 0 radical (unpaired) electrons. The van der Waals surface area contributed by atoms with Crippen LogP contribution in [-0.2, 0) is 6.42 Å². The van der Waals surface area contributed by atoms with Crippen molar-refractivity contribution in [2.75, 3.05) is 6.61 Å². The summed E-state index contributed by atoms with van der Waals surface area (Å²) in [7, 11) is 0. The summed E-state index contributed by atoms with van der Waals surface area (Å²) >= 11 is 3.39. The van der Waals surface area contributed by atoms with Crippen molar-refractivity contribution in [2.24, 2.45) is 0 Å². The first-order chi connectivity index (χ1) is 7.29. The topological polar surface area (TPSA) is 46.3 Å². The van der Waals surface area contributed by atoms with E-state index in [0.717, 1.165) is 15.8 Å². The molecule has 4 heteroatoms. The Labute approximate surface area is 95.9 Å². The first kappa shape index (κ1) is 10.4. The van der Waals surface area contributed by atoms with Gasteiger partial charge in [-0.25, -0.2) is 4.98 Å². The van der Waals surface area contributed by atoms with Gasteiger partial charge in [0.2, 0.25) is 0 Å². The zero-order valence-corrected chi connectivity index (χ0v) is 9.57. The normalized spacial score (nSPS) is 10.5. The molecule has 0 amide bonds. The molecule has 15 heavy (non-hydrogen) atoms. The summed E-state index contributed by atoms with van der Waals surface area (Å²) in [6, 6.07) is 7.80. The van der Waals surface area contributed by atoms with Crippen molar-refractivity contribution in [3.63, 3.8) is 0 Å². The molecule has 0 aliphatic carbocycles. The first-order valence-electron chi connectivity index (χ1n) is 4.61. The molecule has 78 valence electrons. The third-order valence-corrected chi connectivity index (χ3v) is 2.48. The summed E-state index contributed by atoms with van der Waals surface area (Å²) in [6.07, 6.45) is 2.13. The third-order valence-electron chi connectivity index (χ3n) is 1.99. The van der Waals surface area contributed by atoms with Crippen molar-refractivity contribution in [2.45, 2.75) is 6.42 Å². The fourth-order valence-corrected chi connectivity index (χ4v) is 1.70. The molecular formula is C11H10BrNO2. The molecule has 0 aliphatic rings. The lowest BCUT2D eigenvalue weighted by Gasteiger charge is -1.96. The summed E-state index contributed by atoms with van der Waals surface area (Å²) in [5.41, 5.74) is 0.973. The Morgan fingerprint density at radius 1 is 1.40 bits per heavy atom. The molecule has 0 fully saturated rings. The molecule has 0 bridgehead atoms. The fraction of sp³-hybridized carbons (Fsp3) is 0.182. The highest BCUT2D eigenvalue weighted by atomic mass is 79.9. The molecule has 1 N–H and O–H groups in total. The van der Waals surface area contributed by atoms with Crippen molar-refractivity contribution in [1.29, 1.82) is 0 Å². The Balaban J connectivity index is 2.29. The van der Waals surface area contributed by atoms with Gasteiger partial charge in [0.25, 0.3) is 0 Å². The van der Waals surface area contributed by atoms with Crippen LogP contribution in [0.15, 0.2) is 39.4 Å². The second-order valence-electron chi connectivity index (χ2n) is 3.10. The maximum atomic E-state index is 8.74. The Kier molecular flexibility index (Phi) is 3.18. The van der Waals surface area contributed by atoms with E-state index in [9.17, 15) is 0 Å². The van der Waals surface area contributed by atoms with E-state index in [1.165, 1.54) is 0 Å². The zero-order valence-electron chi connectivity index (χ0n) is 7.98. The molecule has 2 rings (SSSR count). The number of hydrogen-bond donors (Lipinski definition) is 1. The molecule has 0 aliphatic heterocycles. The predicted molar refractivity (Wildman–Crippen MR) is 60.4 cm³/mol. The molecule has 1 aromatic carbocycles. The number of aliphatic hydroxyl groups is 1. The van der Waals surface area contributed by atoms with Crippen LogP contribution in [-0.4, -0.2) is 16.7 Å². The van der Waals surface area contributed by atoms with E-state index in [1.54, 1.807) is 6.20 Å². The number of oxazole rings is 1. The van der Waals surface area contributed by atoms with Crippen LogP contribution in [0.4, 0.5) is 0 Å². The van der Waals surface area contributed by atoms with Crippen LogP contribution < -0.4 is 0 Å². The van der Waals surface area contributed by atoms with E-state index in [0.29, 0.717) is 12.3 Å². The smallest absolute Gasteiger partial charge is 0.197 e. The summed E-state index contributed by atoms with van der Waals surface area (Å²) in [5.74, 6) is 1.28. The molecule has 0 unspecified atom stereocenters. The highest BCUT2D eigenvalue weighted by molar-refractivity contribution is 9.10. The molecular weight excluding hydrogens is 258 g/mol. The minimum absolute atomic E-state index is 0.0540. The monoisotopic (exact) mass is 267 g/mol. The van der Waals surface area contributed by atoms with Crippen LogP contribution >= 0.6 is 15.9 Å². The number of nitrogens with zero attached hydrogens (tertiary/aromatic N) is 1. The molecule has 1 heterocycles. The largest absolute Gasteiger partial charge is 0.441 e. The Morgan fingerprint density at radius 3 is 3.00 bits per heavy atom. The summed E-state index contributed by atoms with van der Waals surface area (Å²) in [4.78, 5) is 4.07. The van der Waals surface area contributed by atoms with Gasteiger partial charge in [-0.2, -0.15) is 0 Å². The van der Waals surface area contributed by atoms with Gasteiger partial charge in [-0.3, -0.25) is 0 Å². The average Bonchev–Trinajstić information content (AvgIpc) is 2.67. The van der Waals surface area contributed by atoms with Gasteiger partial charge in [0, 0.05) is 16.5 Å². The minimum Gasteiger partial charge on any atom is -0.441 e. The Bertz CT molecular complexity index is 453. The second-order valence-corrected chi connectivity index (χ2v) is 4.02. The van der Waals surface area contributed by atoms with Gasteiger partial charge in [0.15, 0.2) is 11.7 Å². The van der Waals surface area contributed by atoms with E-state index in [1.807, 2.05) is 24.3 Å². The van der Waals surface area contributed by atoms with E-state index >= 15 is 0 Å². The number of rotatable bonds is 3. The molecule has 3 nitrogen and oxygen atoms in total. The SMILES string of the molecule is OCCc1ncc(-c2cccc(Br)c2)o1. The highest BCUT2D eigenvalue weighted by Gasteiger charge is 2.05. The number of hydrogen-bond acceptors (Lipinski definition) is 3. The first-order valence-corrected chi connectivity index (χ1v) is 5.40. The van der Waals surface area contributed by atoms with Crippen LogP contribution in [0.2, 0.25) is 0 Å². The number of aliphatic hydroxyl groups excluding tert-OH is 1. The molecule has 1 aromatic heterocycles. The van der Waals surface area contributed by atoms with E-state index in [2.05, 4.69) is 20.9 Å². The number of aromatic nitrogens is 1. The molecule has 0 saturated carbocycles. The fourth-order valence-electron chi connectivity index (χ4n) is 1.30. The van der Waals surface area contributed by atoms with Gasteiger partial charge in [-0.05, 0) is 12.1 Å². The van der Waals surface area contributed by atoms with Gasteiger partial charge < -0.3 is 9.52 Å². The van der Waals surface area contributed by atoms with E-state index < -0.39 is 0 Å². The van der Waals surface area contributed by atoms with Gasteiger partial charge in [0.05, 0.1) is 12.8 Å². The van der Waals surface area contributed by atoms with Crippen LogP contribution in [0.25, 0.3) is 11.3 Å².